The highest BCUT2D eigenvalue weighted by Crippen LogP contribution is 2.31. The van der Waals surface area contributed by atoms with Crippen molar-refractivity contribution in [3.63, 3.8) is 0 Å². The first-order valence-electron chi connectivity index (χ1n) is 5.64. The number of nitriles is 1. The number of rotatable bonds is 4. The van der Waals surface area contributed by atoms with Gasteiger partial charge in [-0.2, -0.15) is 5.26 Å². The molecule has 96 valence electrons. The number of aromatic nitrogens is 1. The molecular formula is C14H13N3OS. The predicted octanol–water partition coefficient (Wildman–Crippen LogP) is 2.84. The Hall–Kier alpha value is -2.19. The molecule has 2 N–H and O–H groups in total. The van der Waals surface area contributed by atoms with E-state index in [0.717, 1.165) is 27.6 Å². The molecule has 0 aliphatic heterocycles. The molecule has 2 rings (SSSR count). The Morgan fingerprint density at radius 1 is 1.37 bits per heavy atom. The van der Waals surface area contributed by atoms with Gasteiger partial charge in [-0.05, 0) is 35.9 Å². The lowest BCUT2D eigenvalue weighted by atomic mass is 10.2. The fraction of sp³-hybridized carbons (Fsp3) is 0.143. The van der Waals surface area contributed by atoms with Crippen LogP contribution in [0.5, 0.6) is 5.75 Å². The van der Waals surface area contributed by atoms with Crippen molar-refractivity contribution in [2.75, 3.05) is 12.8 Å². The molecule has 0 atom stereocenters. The molecule has 5 heteroatoms. The number of ether oxygens (including phenoxy) is 1. The normalized spacial score (nSPS) is 9.89. The molecule has 0 spiro atoms. The van der Waals surface area contributed by atoms with E-state index in [9.17, 15) is 0 Å². The van der Waals surface area contributed by atoms with E-state index >= 15 is 0 Å². The minimum atomic E-state index is 0.428. The van der Waals surface area contributed by atoms with Crippen LogP contribution in [0.25, 0.3) is 0 Å². The van der Waals surface area contributed by atoms with Gasteiger partial charge in [0, 0.05) is 22.5 Å². The van der Waals surface area contributed by atoms with Crippen LogP contribution >= 0.6 is 11.8 Å². The number of pyridine rings is 1. The summed E-state index contributed by atoms with van der Waals surface area (Å²) < 4.78 is 5.18. The summed E-state index contributed by atoms with van der Waals surface area (Å²) in [4.78, 5) is 4.91. The molecular weight excluding hydrogens is 258 g/mol. The lowest BCUT2D eigenvalue weighted by Gasteiger charge is -2.08. The number of nitrogen functional groups attached to an aromatic ring is 1. The van der Waals surface area contributed by atoms with E-state index in [1.54, 1.807) is 31.1 Å². The third-order valence-corrected chi connectivity index (χ3v) is 3.70. The van der Waals surface area contributed by atoms with Gasteiger partial charge in [-0.25, -0.2) is 4.98 Å². The zero-order valence-electron chi connectivity index (χ0n) is 10.5. The predicted molar refractivity (Wildman–Crippen MR) is 75.9 cm³/mol. The topological polar surface area (TPSA) is 71.9 Å². The summed E-state index contributed by atoms with van der Waals surface area (Å²) in [5.41, 5.74) is 8.11. The molecule has 0 radical (unpaired) electrons. The average Bonchev–Trinajstić information content (AvgIpc) is 2.46. The fourth-order valence-electron chi connectivity index (χ4n) is 1.55. The number of nitrogens with zero attached hydrogens (tertiary/aromatic N) is 2. The van der Waals surface area contributed by atoms with Crippen LogP contribution in [0, 0.1) is 11.3 Å². The van der Waals surface area contributed by atoms with Crippen LogP contribution in [-0.2, 0) is 5.75 Å². The van der Waals surface area contributed by atoms with E-state index in [2.05, 4.69) is 4.98 Å². The third kappa shape index (κ3) is 3.39. The smallest absolute Gasteiger partial charge is 0.140 e. The summed E-state index contributed by atoms with van der Waals surface area (Å²) in [5, 5.41) is 8.80. The van der Waals surface area contributed by atoms with Gasteiger partial charge in [0.05, 0.1) is 7.11 Å². The first kappa shape index (κ1) is 13.2. The van der Waals surface area contributed by atoms with Gasteiger partial charge in [0.15, 0.2) is 0 Å². The number of nitrogens with two attached hydrogens (primary N) is 1. The molecule has 1 heterocycles. The molecule has 0 amide bonds. The van der Waals surface area contributed by atoms with Crippen LogP contribution in [0.1, 0.15) is 11.3 Å². The third-order valence-electron chi connectivity index (χ3n) is 2.55. The number of benzene rings is 1. The van der Waals surface area contributed by atoms with Crippen LogP contribution in [0.4, 0.5) is 5.69 Å². The highest BCUT2D eigenvalue weighted by molar-refractivity contribution is 7.98. The van der Waals surface area contributed by atoms with Crippen LogP contribution in [-0.4, -0.2) is 12.1 Å². The number of hydrogen-bond acceptors (Lipinski definition) is 5. The Balaban J connectivity index is 2.12. The van der Waals surface area contributed by atoms with Crippen molar-refractivity contribution in [2.45, 2.75) is 10.6 Å². The van der Waals surface area contributed by atoms with Gasteiger partial charge in [-0.3, -0.25) is 0 Å². The average molecular weight is 271 g/mol. The molecule has 19 heavy (non-hydrogen) atoms. The summed E-state index contributed by atoms with van der Waals surface area (Å²) in [6.45, 7) is 0. The van der Waals surface area contributed by atoms with Gasteiger partial charge in [-0.1, -0.05) is 0 Å². The second kappa shape index (κ2) is 6.12. The summed E-state index contributed by atoms with van der Waals surface area (Å²) in [6, 6.07) is 11.3. The second-order valence-corrected chi connectivity index (χ2v) is 4.87. The van der Waals surface area contributed by atoms with Crippen molar-refractivity contribution in [3.8, 4) is 11.8 Å². The lowest BCUT2D eigenvalue weighted by molar-refractivity contribution is 0.414. The maximum absolute atomic E-state index is 8.80. The monoisotopic (exact) mass is 271 g/mol. The SMILES string of the molecule is COc1ccc(N)c(SCc2ccnc(C#N)c2)c1. The maximum atomic E-state index is 8.80. The minimum absolute atomic E-state index is 0.428. The van der Waals surface area contributed by atoms with E-state index in [4.69, 9.17) is 15.7 Å². The van der Waals surface area contributed by atoms with Crippen LogP contribution in [0.2, 0.25) is 0 Å². The molecule has 0 saturated heterocycles. The molecule has 1 aromatic carbocycles. The quantitative estimate of drug-likeness (QED) is 0.684. The molecule has 0 aliphatic rings. The molecule has 0 saturated carbocycles. The van der Waals surface area contributed by atoms with Gasteiger partial charge in [0.25, 0.3) is 0 Å². The van der Waals surface area contributed by atoms with Crippen molar-refractivity contribution in [1.82, 2.24) is 4.98 Å². The maximum Gasteiger partial charge on any atom is 0.140 e. The standard InChI is InChI=1S/C14H13N3OS/c1-18-12-2-3-13(16)14(7-12)19-9-10-4-5-17-11(6-10)8-15/h2-7H,9,16H2,1H3. The van der Waals surface area contributed by atoms with E-state index in [1.807, 2.05) is 30.3 Å². The number of thioether (sulfide) groups is 1. The van der Waals surface area contributed by atoms with Crippen molar-refractivity contribution in [2.24, 2.45) is 0 Å². The van der Waals surface area contributed by atoms with Gasteiger partial charge in [0.2, 0.25) is 0 Å². The van der Waals surface area contributed by atoms with Crippen molar-refractivity contribution in [3.05, 3.63) is 47.8 Å². The first-order valence-corrected chi connectivity index (χ1v) is 6.63. The van der Waals surface area contributed by atoms with Crippen LogP contribution < -0.4 is 10.5 Å². The van der Waals surface area contributed by atoms with E-state index < -0.39 is 0 Å². The van der Waals surface area contributed by atoms with Crippen LogP contribution in [0.3, 0.4) is 0 Å². The van der Waals surface area contributed by atoms with E-state index in [1.165, 1.54) is 0 Å². The highest BCUT2D eigenvalue weighted by Gasteiger charge is 2.04. The highest BCUT2D eigenvalue weighted by atomic mass is 32.2. The molecule has 1 aromatic heterocycles. The number of anilines is 1. The molecule has 0 unspecified atom stereocenters. The first-order chi connectivity index (χ1) is 9.22. The van der Waals surface area contributed by atoms with Gasteiger partial charge in [-0.15, -0.1) is 11.8 Å². The largest absolute Gasteiger partial charge is 0.497 e. The summed E-state index contributed by atoms with van der Waals surface area (Å²) in [7, 11) is 1.63. The fourth-order valence-corrected chi connectivity index (χ4v) is 2.49. The Morgan fingerprint density at radius 2 is 2.21 bits per heavy atom. The summed E-state index contributed by atoms with van der Waals surface area (Å²) >= 11 is 1.61. The van der Waals surface area contributed by atoms with Gasteiger partial charge >= 0.3 is 0 Å². The van der Waals surface area contributed by atoms with Gasteiger partial charge in [0.1, 0.15) is 17.5 Å². The lowest BCUT2D eigenvalue weighted by Crippen LogP contribution is -1.92. The summed E-state index contributed by atoms with van der Waals surface area (Å²) in [5.74, 6) is 1.51. The van der Waals surface area contributed by atoms with E-state index in [-0.39, 0.29) is 0 Å². The van der Waals surface area contributed by atoms with E-state index in [0.29, 0.717) is 5.69 Å². The Labute approximate surface area is 116 Å². The number of hydrogen-bond donors (Lipinski definition) is 1. The Kier molecular flexibility index (Phi) is 4.26. The zero-order valence-corrected chi connectivity index (χ0v) is 11.3. The molecule has 0 fully saturated rings. The van der Waals surface area contributed by atoms with Crippen molar-refractivity contribution < 1.29 is 4.74 Å². The molecule has 0 bridgehead atoms. The minimum Gasteiger partial charge on any atom is -0.497 e. The van der Waals surface area contributed by atoms with Crippen molar-refractivity contribution in [1.29, 1.82) is 5.26 Å². The molecule has 2 aromatic rings. The Morgan fingerprint density at radius 3 is 2.95 bits per heavy atom. The molecule has 0 aliphatic carbocycles. The second-order valence-electron chi connectivity index (χ2n) is 3.85. The zero-order chi connectivity index (χ0) is 13.7. The van der Waals surface area contributed by atoms with Gasteiger partial charge < -0.3 is 10.5 Å². The molecule has 4 nitrogen and oxygen atoms in total. The number of methoxy groups -OCH3 is 1. The van der Waals surface area contributed by atoms with Crippen LogP contribution in [0.15, 0.2) is 41.4 Å². The Bertz CT molecular complexity index is 622. The van der Waals surface area contributed by atoms with Crippen molar-refractivity contribution >= 4 is 17.4 Å². The summed E-state index contributed by atoms with van der Waals surface area (Å²) in [6.07, 6.45) is 1.64.